The van der Waals surface area contributed by atoms with Crippen LogP contribution in [0.3, 0.4) is 0 Å². The molecule has 3 aromatic rings. The maximum absolute atomic E-state index is 14.4. The number of benzene rings is 1. The summed E-state index contributed by atoms with van der Waals surface area (Å²) in [7, 11) is 0. The predicted octanol–water partition coefficient (Wildman–Crippen LogP) is 4.71. The average molecular weight is 426 g/mol. The molecule has 1 aromatic carbocycles. The van der Waals surface area contributed by atoms with Crippen molar-refractivity contribution in [2.45, 2.75) is 32.8 Å². The van der Waals surface area contributed by atoms with Gasteiger partial charge in [-0.1, -0.05) is 19.4 Å². The smallest absolute Gasteiger partial charge is 0.341 e. The Morgan fingerprint density at radius 2 is 2.13 bits per heavy atom. The molecule has 1 unspecified atom stereocenters. The van der Waals surface area contributed by atoms with Crippen molar-refractivity contribution < 1.29 is 18.7 Å². The topological polar surface area (TPSA) is 98.0 Å². The van der Waals surface area contributed by atoms with Gasteiger partial charge in [0.15, 0.2) is 5.69 Å². The second-order valence-corrected chi connectivity index (χ2v) is 7.25. The summed E-state index contributed by atoms with van der Waals surface area (Å²) in [6.45, 7) is 4.08. The largest absolute Gasteiger partial charge is 0.468 e. The van der Waals surface area contributed by atoms with Gasteiger partial charge in [0, 0.05) is 5.56 Å². The minimum absolute atomic E-state index is 0.0959. The van der Waals surface area contributed by atoms with Gasteiger partial charge in [-0.05, 0) is 43.1 Å². The van der Waals surface area contributed by atoms with Crippen LogP contribution in [0.1, 0.15) is 53.7 Å². The van der Waals surface area contributed by atoms with Gasteiger partial charge in [0.25, 0.3) is 0 Å². The molecule has 0 radical (unpaired) electrons. The van der Waals surface area contributed by atoms with Gasteiger partial charge >= 0.3 is 5.97 Å². The molecule has 0 fully saturated rings. The van der Waals surface area contributed by atoms with Gasteiger partial charge in [-0.3, -0.25) is 0 Å². The number of nitrogens with zero attached hydrogens (tertiary/aromatic N) is 4. The second kappa shape index (κ2) is 9.89. The van der Waals surface area contributed by atoms with Crippen molar-refractivity contribution in [3.8, 4) is 23.2 Å². The molecule has 0 aliphatic carbocycles. The Hall–Kier alpha value is -3.38. The highest BCUT2D eigenvalue weighted by molar-refractivity contribution is 7.06. The van der Waals surface area contributed by atoms with Crippen LogP contribution < -0.4 is 4.74 Å². The average Bonchev–Trinajstić information content (AvgIpc) is 3.25. The number of nitriles is 1. The van der Waals surface area contributed by atoms with E-state index in [0.717, 1.165) is 17.7 Å². The van der Waals surface area contributed by atoms with E-state index in [1.54, 1.807) is 12.1 Å². The van der Waals surface area contributed by atoms with Crippen LogP contribution in [-0.4, -0.2) is 26.9 Å². The number of ether oxygens (including phenoxy) is 2. The van der Waals surface area contributed by atoms with E-state index in [-0.39, 0.29) is 29.8 Å². The van der Waals surface area contributed by atoms with Crippen molar-refractivity contribution in [2.24, 2.45) is 0 Å². The maximum Gasteiger partial charge on any atom is 0.341 e. The molecule has 154 valence electrons. The van der Waals surface area contributed by atoms with Crippen molar-refractivity contribution in [1.82, 2.24) is 14.3 Å². The quantitative estimate of drug-likeness (QED) is 0.380. The van der Waals surface area contributed by atoms with Crippen molar-refractivity contribution in [2.75, 3.05) is 6.61 Å². The number of carbonyl (C=O) groups excluding carboxylic acids is 1. The minimum atomic E-state index is -0.669. The zero-order chi connectivity index (χ0) is 21.5. The summed E-state index contributed by atoms with van der Waals surface area (Å²) in [6, 6.07) is 8.00. The molecule has 9 heteroatoms. The first-order valence-corrected chi connectivity index (χ1v) is 10.1. The lowest BCUT2D eigenvalue weighted by molar-refractivity contribution is 0.0494. The molecule has 1 atom stereocenters. The third-order valence-electron chi connectivity index (χ3n) is 4.19. The van der Waals surface area contributed by atoms with Crippen molar-refractivity contribution in [1.29, 1.82) is 5.26 Å². The van der Waals surface area contributed by atoms with Crippen LogP contribution in [0.5, 0.6) is 5.88 Å². The van der Waals surface area contributed by atoms with Crippen LogP contribution in [0.25, 0.3) is 11.3 Å². The summed E-state index contributed by atoms with van der Waals surface area (Å²) in [4.78, 5) is 20.7. The molecule has 2 aromatic heterocycles. The van der Waals surface area contributed by atoms with Crippen LogP contribution in [0.15, 0.2) is 36.7 Å². The lowest BCUT2D eigenvalue weighted by atomic mass is 10.1. The second-order valence-electron chi connectivity index (χ2n) is 6.41. The van der Waals surface area contributed by atoms with Crippen LogP contribution in [0.4, 0.5) is 4.39 Å². The molecule has 0 saturated carbocycles. The first-order chi connectivity index (χ1) is 14.5. The van der Waals surface area contributed by atoms with Gasteiger partial charge in [0.2, 0.25) is 5.88 Å². The van der Waals surface area contributed by atoms with E-state index in [0.29, 0.717) is 11.3 Å². The van der Waals surface area contributed by atoms with Crippen molar-refractivity contribution >= 4 is 17.5 Å². The fourth-order valence-corrected chi connectivity index (χ4v) is 3.24. The van der Waals surface area contributed by atoms with E-state index in [1.807, 2.05) is 19.9 Å². The molecule has 0 saturated heterocycles. The molecule has 2 heterocycles. The van der Waals surface area contributed by atoms with Gasteiger partial charge in [-0.15, -0.1) is 0 Å². The summed E-state index contributed by atoms with van der Waals surface area (Å²) < 4.78 is 29.6. The third kappa shape index (κ3) is 5.15. The van der Waals surface area contributed by atoms with Crippen molar-refractivity contribution in [3.63, 3.8) is 0 Å². The van der Waals surface area contributed by atoms with Gasteiger partial charge in [-0.25, -0.2) is 19.2 Å². The Bertz CT molecular complexity index is 1060. The predicted molar refractivity (Wildman–Crippen MR) is 108 cm³/mol. The molecular formula is C21H19FN4O3S. The number of aromatic nitrogens is 3. The summed E-state index contributed by atoms with van der Waals surface area (Å²) in [6.07, 6.45) is 3.97. The van der Waals surface area contributed by atoms with E-state index in [9.17, 15) is 9.18 Å². The summed E-state index contributed by atoms with van der Waals surface area (Å²) in [5.41, 5.74) is 1.22. The first-order valence-electron chi connectivity index (χ1n) is 9.34. The Morgan fingerprint density at radius 1 is 1.30 bits per heavy atom. The van der Waals surface area contributed by atoms with E-state index in [4.69, 9.17) is 14.7 Å². The number of rotatable bonds is 8. The monoisotopic (exact) mass is 426 g/mol. The number of esters is 1. The van der Waals surface area contributed by atoms with E-state index < -0.39 is 11.8 Å². The SMILES string of the molecule is CCCCOC(=O)c1ccc(-c2cc(C(C)Oc3cnc(C#N)cn3)sn2)cc1F. The molecule has 0 aliphatic rings. The minimum Gasteiger partial charge on any atom is -0.468 e. The lowest BCUT2D eigenvalue weighted by Gasteiger charge is -2.10. The zero-order valence-corrected chi connectivity index (χ0v) is 17.3. The molecule has 30 heavy (non-hydrogen) atoms. The van der Waals surface area contributed by atoms with Crippen LogP contribution >= 0.6 is 11.5 Å². The molecule has 7 nitrogen and oxygen atoms in total. The fraction of sp³-hybridized carbons (Fsp3) is 0.286. The Balaban J connectivity index is 1.69. The van der Waals surface area contributed by atoms with Gasteiger partial charge in [-0.2, -0.15) is 9.64 Å². The number of carbonyl (C=O) groups is 1. The van der Waals surface area contributed by atoms with Gasteiger partial charge in [0.1, 0.15) is 18.0 Å². The van der Waals surface area contributed by atoms with Crippen molar-refractivity contribution in [3.05, 3.63) is 58.6 Å². The lowest BCUT2D eigenvalue weighted by Crippen LogP contribution is -2.08. The molecule has 3 rings (SSSR count). The summed E-state index contributed by atoms with van der Waals surface area (Å²) in [5, 5.41) is 8.76. The Morgan fingerprint density at radius 3 is 2.80 bits per heavy atom. The van der Waals surface area contributed by atoms with Crippen LogP contribution in [0.2, 0.25) is 0 Å². The number of hydrogen-bond donors (Lipinski definition) is 0. The standard InChI is InChI=1S/C21H19FN4O3S/c1-3-4-7-28-21(27)16-6-5-14(8-17(16)22)18-9-19(30-26-18)13(2)29-20-12-24-15(10-23)11-25-20/h5-6,8-9,11-13H,3-4,7H2,1-2H3. The highest BCUT2D eigenvalue weighted by Gasteiger charge is 2.17. The molecule has 0 N–H and O–H groups in total. The van der Waals surface area contributed by atoms with Gasteiger partial charge in [0.05, 0.1) is 35.1 Å². The van der Waals surface area contributed by atoms with E-state index >= 15 is 0 Å². The summed E-state index contributed by atoms with van der Waals surface area (Å²) >= 11 is 1.22. The Kier molecular flexibility index (Phi) is 7.03. The number of unbranched alkanes of at least 4 members (excludes halogenated alkanes) is 1. The highest BCUT2D eigenvalue weighted by Crippen LogP contribution is 2.29. The molecule has 0 aliphatic heterocycles. The number of hydrogen-bond acceptors (Lipinski definition) is 8. The van der Waals surface area contributed by atoms with E-state index in [1.165, 1.54) is 36.1 Å². The van der Waals surface area contributed by atoms with E-state index in [2.05, 4.69) is 14.3 Å². The maximum atomic E-state index is 14.4. The normalized spacial score (nSPS) is 11.5. The van der Waals surface area contributed by atoms with Crippen LogP contribution in [-0.2, 0) is 4.74 Å². The zero-order valence-electron chi connectivity index (χ0n) is 16.5. The summed E-state index contributed by atoms with van der Waals surface area (Å²) in [5.74, 6) is -1.04. The third-order valence-corrected chi connectivity index (χ3v) is 5.13. The molecule has 0 bridgehead atoms. The van der Waals surface area contributed by atoms with Crippen LogP contribution in [0, 0.1) is 17.1 Å². The first kappa shape index (κ1) is 21.3. The van der Waals surface area contributed by atoms with Gasteiger partial charge < -0.3 is 9.47 Å². The fourth-order valence-electron chi connectivity index (χ4n) is 2.52. The molecular weight excluding hydrogens is 407 g/mol. The Labute approximate surface area is 177 Å². The highest BCUT2D eigenvalue weighted by atomic mass is 32.1. The number of halogens is 1. The molecule has 0 spiro atoms. The molecule has 0 amide bonds.